The van der Waals surface area contributed by atoms with E-state index in [1.807, 2.05) is 18.2 Å². The number of Topliss-reactive ketones (excluding diaryl/α,β-unsaturated/α-hetero) is 1. The summed E-state index contributed by atoms with van der Waals surface area (Å²) in [6, 6.07) is 10.2. The van der Waals surface area contributed by atoms with Crippen molar-refractivity contribution in [2.75, 3.05) is 12.3 Å². The minimum absolute atomic E-state index is 0.00314. The van der Waals surface area contributed by atoms with E-state index in [-0.39, 0.29) is 11.2 Å². The molecule has 0 spiro atoms. The van der Waals surface area contributed by atoms with Crippen molar-refractivity contribution in [3.8, 4) is 0 Å². The lowest BCUT2D eigenvalue weighted by molar-refractivity contribution is -0.131. The van der Waals surface area contributed by atoms with E-state index in [1.165, 1.54) is 11.6 Å². The molecule has 0 radical (unpaired) electrons. The van der Waals surface area contributed by atoms with Gasteiger partial charge in [-0.3, -0.25) is 14.5 Å². The normalized spacial score (nSPS) is 23.2. The molecule has 1 aromatic carbocycles. The molecule has 1 atom stereocenters. The van der Waals surface area contributed by atoms with Gasteiger partial charge < -0.3 is 0 Å². The molecule has 0 N–H and O–H groups in total. The minimum atomic E-state index is -0.408. The molecule has 20 heavy (non-hydrogen) atoms. The lowest BCUT2D eigenvalue weighted by Crippen LogP contribution is -2.34. The van der Waals surface area contributed by atoms with E-state index in [1.54, 1.807) is 23.9 Å². The van der Waals surface area contributed by atoms with Gasteiger partial charge in [-0.1, -0.05) is 42.5 Å². The second kappa shape index (κ2) is 5.77. The summed E-state index contributed by atoms with van der Waals surface area (Å²) in [6.45, 7) is 1.74. The predicted octanol–water partition coefficient (Wildman–Crippen LogP) is 2.20. The zero-order valence-electron chi connectivity index (χ0n) is 11.0. The molecule has 0 bridgehead atoms. The topological polar surface area (TPSA) is 37.4 Å². The number of carbonyl (C=O) groups excluding carboxylic acids is 2. The van der Waals surface area contributed by atoms with Crippen LogP contribution < -0.4 is 0 Å². The third-order valence-corrected chi connectivity index (χ3v) is 4.78. The molecule has 1 aliphatic carbocycles. The molecule has 0 saturated carbocycles. The van der Waals surface area contributed by atoms with Gasteiger partial charge >= 0.3 is 0 Å². The van der Waals surface area contributed by atoms with Crippen molar-refractivity contribution < 1.29 is 9.59 Å². The lowest BCUT2D eigenvalue weighted by atomic mass is 10.0. The molecule has 102 valence electrons. The van der Waals surface area contributed by atoms with E-state index in [9.17, 15) is 9.59 Å². The summed E-state index contributed by atoms with van der Waals surface area (Å²) in [7, 11) is 0. The molecule has 1 aliphatic heterocycles. The number of benzene rings is 1. The van der Waals surface area contributed by atoms with E-state index in [0.29, 0.717) is 5.57 Å². The molecule has 2 aliphatic rings. The van der Waals surface area contributed by atoms with Crippen molar-refractivity contribution in [1.82, 2.24) is 4.90 Å². The largest absolute Gasteiger partial charge is 0.286 e. The maximum absolute atomic E-state index is 12.0. The Kier molecular flexibility index (Phi) is 3.85. The van der Waals surface area contributed by atoms with E-state index < -0.39 is 5.78 Å². The molecular formula is C16H15NO2S. The Balaban J connectivity index is 1.79. The number of hydrogen-bond donors (Lipinski definition) is 0. The van der Waals surface area contributed by atoms with Crippen LogP contribution in [0, 0.1) is 0 Å². The molecule has 1 saturated heterocycles. The first-order chi connectivity index (χ1) is 9.75. The van der Waals surface area contributed by atoms with Crippen LogP contribution in [0.25, 0.3) is 0 Å². The van der Waals surface area contributed by atoms with Gasteiger partial charge in [0.05, 0.1) is 5.37 Å². The Bertz CT molecular complexity index is 592. The molecule has 3 nitrogen and oxygen atoms in total. The fourth-order valence-electron chi connectivity index (χ4n) is 2.50. The molecular weight excluding hydrogens is 270 g/mol. The van der Waals surface area contributed by atoms with E-state index >= 15 is 0 Å². The van der Waals surface area contributed by atoms with Gasteiger partial charge in [-0.2, -0.15) is 0 Å². The van der Waals surface area contributed by atoms with Gasteiger partial charge in [0.2, 0.25) is 11.6 Å². The van der Waals surface area contributed by atoms with Crippen LogP contribution in [0.1, 0.15) is 5.56 Å². The van der Waals surface area contributed by atoms with Crippen LogP contribution in [0.2, 0.25) is 0 Å². The second-order valence-corrected chi connectivity index (χ2v) is 6.04. The zero-order chi connectivity index (χ0) is 13.9. The van der Waals surface area contributed by atoms with Crippen LogP contribution in [0.5, 0.6) is 0 Å². The van der Waals surface area contributed by atoms with Crippen LogP contribution >= 0.6 is 11.8 Å². The highest BCUT2D eigenvalue weighted by Crippen LogP contribution is 2.32. The first kappa shape index (κ1) is 13.3. The third-order valence-electron chi connectivity index (χ3n) is 3.49. The van der Waals surface area contributed by atoms with Crippen LogP contribution in [-0.4, -0.2) is 34.1 Å². The number of ketones is 2. The standard InChI is InChI=1S/C16H15NO2S/c18-14-8-4-7-13(15(14)19)16-17(9-10-20-16)11-12-5-2-1-3-6-12/h1-8,16H,9-11H2. The number of nitrogens with zero attached hydrogens (tertiary/aromatic N) is 1. The molecule has 3 rings (SSSR count). The number of hydrogen-bond acceptors (Lipinski definition) is 4. The SMILES string of the molecule is O=C1C=CC=C(C2SCCN2Cc2ccccc2)C1=O. The first-order valence-corrected chi connectivity index (χ1v) is 7.67. The Morgan fingerprint density at radius 2 is 2.00 bits per heavy atom. The van der Waals surface area contributed by atoms with Crippen LogP contribution in [0.4, 0.5) is 0 Å². The minimum Gasteiger partial charge on any atom is -0.286 e. The summed E-state index contributed by atoms with van der Waals surface area (Å²) in [5.41, 5.74) is 1.85. The van der Waals surface area contributed by atoms with Crippen LogP contribution in [0.15, 0.2) is 54.1 Å². The smallest absolute Gasteiger partial charge is 0.231 e. The summed E-state index contributed by atoms with van der Waals surface area (Å²) >= 11 is 1.73. The molecule has 1 fully saturated rings. The van der Waals surface area contributed by atoms with Gasteiger partial charge in [-0.25, -0.2) is 0 Å². The maximum atomic E-state index is 12.0. The number of carbonyl (C=O) groups is 2. The first-order valence-electron chi connectivity index (χ1n) is 6.62. The summed E-state index contributed by atoms with van der Waals surface area (Å²) in [6.07, 6.45) is 4.80. The van der Waals surface area contributed by atoms with Crippen molar-refractivity contribution >= 4 is 23.3 Å². The van der Waals surface area contributed by atoms with Crippen molar-refractivity contribution in [2.45, 2.75) is 11.9 Å². The summed E-state index contributed by atoms with van der Waals surface area (Å²) < 4.78 is 0. The van der Waals surface area contributed by atoms with Crippen LogP contribution in [-0.2, 0) is 16.1 Å². The number of rotatable bonds is 3. The quantitative estimate of drug-likeness (QED) is 0.630. The molecule has 0 amide bonds. The summed E-state index contributed by atoms with van der Waals surface area (Å²) in [5.74, 6) is 0.222. The van der Waals surface area contributed by atoms with E-state index in [0.717, 1.165) is 18.8 Å². The lowest BCUT2D eigenvalue weighted by Gasteiger charge is -2.25. The zero-order valence-corrected chi connectivity index (χ0v) is 11.8. The summed E-state index contributed by atoms with van der Waals surface area (Å²) in [4.78, 5) is 25.8. The highest BCUT2D eigenvalue weighted by Gasteiger charge is 2.34. The van der Waals surface area contributed by atoms with Gasteiger partial charge in [0.25, 0.3) is 0 Å². The van der Waals surface area contributed by atoms with Crippen molar-refractivity contribution in [2.24, 2.45) is 0 Å². The van der Waals surface area contributed by atoms with Crippen LogP contribution in [0.3, 0.4) is 0 Å². The van der Waals surface area contributed by atoms with Gasteiger partial charge in [-0.05, 0) is 11.6 Å². The molecule has 0 aromatic heterocycles. The highest BCUT2D eigenvalue weighted by atomic mass is 32.2. The predicted molar refractivity (Wildman–Crippen MR) is 80.3 cm³/mol. The number of allylic oxidation sites excluding steroid dienone is 3. The van der Waals surface area contributed by atoms with E-state index in [2.05, 4.69) is 17.0 Å². The third kappa shape index (κ3) is 2.62. The Morgan fingerprint density at radius 3 is 2.80 bits per heavy atom. The average molecular weight is 285 g/mol. The van der Waals surface area contributed by atoms with Gasteiger partial charge in [0, 0.05) is 24.4 Å². The van der Waals surface area contributed by atoms with Crippen molar-refractivity contribution in [3.63, 3.8) is 0 Å². The van der Waals surface area contributed by atoms with Gasteiger partial charge in [0.15, 0.2) is 0 Å². The van der Waals surface area contributed by atoms with Gasteiger partial charge in [0.1, 0.15) is 0 Å². The average Bonchev–Trinajstić information content (AvgIpc) is 2.91. The maximum Gasteiger partial charge on any atom is 0.231 e. The summed E-state index contributed by atoms with van der Waals surface area (Å²) in [5, 5.41) is -0.00314. The Morgan fingerprint density at radius 1 is 1.20 bits per heavy atom. The fourth-order valence-corrected chi connectivity index (χ4v) is 3.82. The van der Waals surface area contributed by atoms with E-state index in [4.69, 9.17) is 0 Å². The van der Waals surface area contributed by atoms with Crippen molar-refractivity contribution in [1.29, 1.82) is 0 Å². The molecule has 4 heteroatoms. The fraction of sp³-hybridized carbons (Fsp3) is 0.250. The Hall–Kier alpha value is -1.65. The van der Waals surface area contributed by atoms with Crippen molar-refractivity contribution in [3.05, 3.63) is 59.7 Å². The highest BCUT2D eigenvalue weighted by molar-refractivity contribution is 8.00. The molecule has 1 heterocycles. The monoisotopic (exact) mass is 285 g/mol. The molecule has 1 unspecified atom stereocenters. The van der Waals surface area contributed by atoms with Gasteiger partial charge in [-0.15, -0.1) is 11.8 Å². The Labute approximate surface area is 122 Å². The number of thioether (sulfide) groups is 1. The molecule has 1 aromatic rings. The second-order valence-electron chi connectivity index (χ2n) is 4.85.